The molecule has 1 aliphatic carbocycles. The number of hydrogen-bond acceptors (Lipinski definition) is 2. The molecule has 3 nitrogen and oxygen atoms in total. The van der Waals surface area contributed by atoms with E-state index >= 15 is 0 Å². The molecule has 0 radical (unpaired) electrons. The summed E-state index contributed by atoms with van der Waals surface area (Å²) in [6.45, 7) is 5.79. The fraction of sp³-hybridized carbons (Fsp3) is 0.933. The molecule has 3 fully saturated rings. The zero-order valence-corrected chi connectivity index (χ0v) is 12.7. The van der Waals surface area contributed by atoms with Crippen molar-refractivity contribution < 1.29 is 13.6 Å². The molecule has 3 rings (SSSR count). The molecule has 3 unspecified atom stereocenters. The Morgan fingerprint density at radius 2 is 1.65 bits per heavy atom. The average Bonchev–Trinajstić information content (AvgIpc) is 2.89. The minimum Gasteiger partial charge on any atom is -0.334 e. The zero-order valence-electron chi connectivity index (χ0n) is 12.7. The van der Waals surface area contributed by atoms with Crippen LogP contribution in [0.1, 0.15) is 46.0 Å². The molecule has 3 aliphatic rings. The van der Waals surface area contributed by atoms with Gasteiger partial charge in [0.15, 0.2) is 0 Å². The lowest BCUT2D eigenvalue weighted by Gasteiger charge is -2.40. The Hall–Kier alpha value is -0.710. The first-order valence-corrected chi connectivity index (χ1v) is 7.85. The van der Waals surface area contributed by atoms with Crippen molar-refractivity contribution in [1.82, 2.24) is 9.80 Å². The molecular weight excluding hydrogens is 262 g/mol. The first-order chi connectivity index (χ1) is 9.46. The van der Waals surface area contributed by atoms with Gasteiger partial charge in [0, 0.05) is 43.9 Å². The van der Waals surface area contributed by atoms with Gasteiger partial charge in [-0.3, -0.25) is 4.79 Å². The Balaban J connectivity index is 0.000000704. The number of rotatable bonds is 1. The standard InChI is InChI=1S/C13H20F2N2O.C2H6/c1-16-7-10-2-3-11(8-16)17(10)12(18)9-4-5-13(14,15)6-9;1-2/h9-11H,2-8H2,1H3;1-2H3. The van der Waals surface area contributed by atoms with Crippen LogP contribution in [0.2, 0.25) is 0 Å². The van der Waals surface area contributed by atoms with Crippen molar-refractivity contribution in [3.05, 3.63) is 0 Å². The number of nitrogens with zero attached hydrogens (tertiary/aromatic N) is 2. The van der Waals surface area contributed by atoms with Gasteiger partial charge in [0.1, 0.15) is 0 Å². The monoisotopic (exact) mass is 288 g/mol. The van der Waals surface area contributed by atoms with Gasteiger partial charge in [-0.15, -0.1) is 0 Å². The fourth-order valence-corrected chi connectivity index (χ4v) is 3.85. The predicted molar refractivity (Wildman–Crippen MR) is 74.8 cm³/mol. The number of carbonyl (C=O) groups is 1. The van der Waals surface area contributed by atoms with Crippen LogP contribution >= 0.6 is 0 Å². The van der Waals surface area contributed by atoms with Crippen molar-refractivity contribution in [2.45, 2.75) is 64.0 Å². The number of carbonyl (C=O) groups excluding carboxylic acids is 1. The molecule has 20 heavy (non-hydrogen) atoms. The van der Waals surface area contributed by atoms with Crippen LogP contribution < -0.4 is 0 Å². The number of hydrogen-bond donors (Lipinski definition) is 0. The highest BCUT2D eigenvalue weighted by atomic mass is 19.3. The third-order valence-corrected chi connectivity index (χ3v) is 4.67. The molecule has 2 bridgehead atoms. The largest absolute Gasteiger partial charge is 0.334 e. The molecular formula is C15H26F2N2O. The second-order valence-corrected chi connectivity index (χ2v) is 6.15. The Kier molecular flexibility index (Phi) is 4.67. The molecule has 0 N–H and O–H groups in total. The minimum atomic E-state index is -2.62. The number of alkyl halides is 2. The van der Waals surface area contributed by atoms with Gasteiger partial charge in [0.05, 0.1) is 0 Å². The quantitative estimate of drug-likeness (QED) is 0.741. The molecule has 3 atom stereocenters. The van der Waals surface area contributed by atoms with Gasteiger partial charge in [-0.2, -0.15) is 0 Å². The van der Waals surface area contributed by atoms with E-state index in [2.05, 4.69) is 11.9 Å². The lowest BCUT2D eigenvalue weighted by Crippen LogP contribution is -2.55. The first-order valence-electron chi connectivity index (χ1n) is 7.85. The molecule has 1 amide bonds. The highest BCUT2D eigenvalue weighted by molar-refractivity contribution is 5.80. The van der Waals surface area contributed by atoms with Gasteiger partial charge in [-0.25, -0.2) is 8.78 Å². The van der Waals surface area contributed by atoms with Crippen molar-refractivity contribution in [2.24, 2.45) is 5.92 Å². The molecule has 5 heteroatoms. The van der Waals surface area contributed by atoms with E-state index in [4.69, 9.17) is 0 Å². The van der Waals surface area contributed by atoms with Gasteiger partial charge in [-0.1, -0.05) is 13.8 Å². The molecule has 116 valence electrons. The maximum atomic E-state index is 13.2. The van der Waals surface area contributed by atoms with Crippen LogP contribution in [0, 0.1) is 5.92 Å². The summed E-state index contributed by atoms with van der Waals surface area (Å²) in [5, 5.41) is 0. The molecule has 0 aromatic heterocycles. The van der Waals surface area contributed by atoms with E-state index in [-0.39, 0.29) is 30.8 Å². The smallest absolute Gasteiger partial charge is 0.248 e. The van der Waals surface area contributed by atoms with Crippen molar-refractivity contribution in [3.8, 4) is 0 Å². The summed E-state index contributed by atoms with van der Waals surface area (Å²) in [5.74, 6) is -3.06. The lowest BCUT2D eigenvalue weighted by atomic mass is 10.0. The van der Waals surface area contributed by atoms with Gasteiger partial charge >= 0.3 is 0 Å². The normalized spacial score (nSPS) is 35.6. The molecule has 2 heterocycles. The second-order valence-electron chi connectivity index (χ2n) is 6.15. The molecule has 1 saturated carbocycles. The number of piperazine rings is 1. The van der Waals surface area contributed by atoms with Crippen LogP contribution in [-0.2, 0) is 4.79 Å². The van der Waals surface area contributed by atoms with E-state index in [1.54, 1.807) is 0 Å². The van der Waals surface area contributed by atoms with Gasteiger partial charge < -0.3 is 9.80 Å². The highest BCUT2D eigenvalue weighted by Crippen LogP contribution is 2.41. The number of likely N-dealkylation sites (N-methyl/N-ethyl adjacent to an activating group) is 1. The van der Waals surface area contributed by atoms with E-state index in [0.29, 0.717) is 6.42 Å². The highest BCUT2D eigenvalue weighted by Gasteiger charge is 2.48. The van der Waals surface area contributed by atoms with Crippen LogP contribution in [0.15, 0.2) is 0 Å². The Bertz CT molecular complexity index is 348. The summed E-state index contributed by atoms with van der Waals surface area (Å²) >= 11 is 0. The average molecular weight is 288 g/mol. The second kappa shape index (κ2) is 5.96. The van der Waals surface area contributed by atoms with Gasteiger partial charge in [0.2, 0.25) is 11.8 Å². The van der Waals surface area contributed by atoms with Crippen molar-refractivity contribution in [3.63, 3.8) is 0 Å². The maximum Gasteiger partial charge on any atom is 0.248 e. The van der Waals surface area contributed by atoms with E-state index in [1.165, 1.54) is 0 Å². The van der Waals surface area contributed by atoms with E-state index in [9.17, 15) is 13.6 Å². The number of halogens is 2. The SMILES string of the molecule is CC.CN1CC2CCC(C1)N2C(=O)C1CCC(F)(F)C1. The van der Waals surface area contributed by atoms with E-state index in [1.807, 2.05) is 18.7 Å². The van der Waals surface area contributed by atoms with Crippen molar-refractivity contribution >= 4 is 5.91 Å². The van der Waals surface area contributed by atoms with Crippen molar-refractivity contribution in [2.75, 3.05) is 20.1 Å². The van der Waals surface area contributed by atoms with Gasteiger partial charge in [0.25, 0.3) is 0 Å². The lowest BCUT2D eigenvalue weighted by molar-refractivity contribution is -0.141. The molecule has 2 saturated heterocycles. The number of likely N-dealkylation sites (tertiary alicyclic amines) is 1. The summed E-state index contributed by atoms with van der Waals surface area (Å²) in [6.07, 6.45) is 2.06. The molecule has 2 aliphatic heterocycles. The number of amides is 1. The fourth-order valence-electron chi connectivity index (χ4n) is 3.85. The van der Waals surface area contributed by atoms with Crippen LogP contribution in [0.25, 0.3) is 0 Å². The third-order valence-electron chi connectivity index (χ3n) is 4.67. The van der Waals surface area contributed by atoms with E-state index in [0.717, 1.165) is 25.9 Å². The topological polar surface area (TPSA) is 23.6 Å². The van der Waals surface area contributed by atoms with Crippen LogP contribution in [-0.4, -0.2) is 53.9 Å². The predicted octanol–water partition coefficient (Wildman–Crippen LogP) is 2.75. The Morgan fingerprint density at radius 3 is 2.10 bits per heavy atom. The summed E-state index contributed by atoms with van der Waals surface area (Å²) < 4.78 is 26.4. The molecule has 0 aromatic carbocycles. The van der Waals surface area contributed by atoms with Crippen LogP contribution in [0.3, 0.4) is 0 Å². The summed E-state index contributed by atoms with van der Waals surface area (Å²) in [7, 11) is 2.07. The molecule has 0 aromatic rings. The third kappa shape index (κ3) is 2.97. The number of fused-ring (bicyclic) bond motifs is 2. The van der Waals surface area contributed by atoms with Crippen molar-refractivity contribution in [1.29, 1.82) is 0 Å². The zero-order chi connectivity index (χ0) is 14.9. The van der Waals surface area contributed by atoms with E-state index < -0.39 is 11.8 Å². The van der Waals surface area contributed by atoms with Crippen LogP contribution in [0.4, 0.5) is 8.78 Å². The Morgan fingerprint density at radius 1 is 1.10 bits per heavy atom. The van der Waals surface area contributed by atoms with Gasteiger partial charge in [-0.05, 0) is 26.3 Å². The Labute approximate surface area is 120 Å². The summed E-state index contributed by atoms with van der Waals surface area (Å²) in [5.41, 5.74) is 0. The summed E-state index contributed by atoms with van der Waals surface area (Å²) in [6, 6.07) is 0.519. The summed E-state index contributed by atoms with van der Waals surface area (Å²) in [4.78, 5) is 16.6. The maximum absolute atomic E-state index is 13.2. The molecule has 0 spiro atoms. The first kappa shape index (κ1) is 15.7. The van der Waals surface area contributed by atoms with Crippen LogP contribution in [0.5, 0.6) is 0 Å². The minimum absolute atomic E-state index is 0.00669.